The highest BCUT2D eigenvalue weighted by Gasteiger charge is 2.23. The highest BCUT2D eigenvalue weighted by molar-refractivity contribution is 8.00. The Hall–Kier alpha value is -3.05. The molecule has 0 fully saturated rings. The lowest BCUT2D eigenvalue weighted by Gasteiger charge is -2.11. The molecule has 0 saturated carbocycles. The Morgan fingerprint density at radius 3 is 2.81 bits per heavy atom. The molecule has 4 rings (SSSR count). The normalized spacial score (nSPS) is 12.2. The zero-order chi connectivity index (χ0) is 22.0. The number of thioether (sulfide) groups is 1. The van der Waals surface area contributed by atoms with Crippen LogP contribution in [0.25, 0.3) is 22.1 Å². The Bertz CT molecular complexity index is 1270. The Labute approximate surface area is 186 Å². The summed E-state index contributed by atoms with van der Waals surface area (Å²) in [4.78, 5) is 37.2. The number of rotatable bonds is 7. The molecule has 0 bridgehead atoms. The summed E-state index contributed by atoms with van der Waals surface area (Å²) < 4.78 is 5.02. The number of esters is 1. The van der Waals surface area contributed by atoms with Gasteiger partial charge in [0.05, 0.1) is 17.6 Å². The van der Waals surface area contributed by atoms with E-state index >= 15 is 0 Å². The zero-order valence-corrected chi connectivity index (χ0v) is 18.8. The van der Waals surface area contributed by atoms with Crippen LogP contribution in [0.1, 0.15) is 35.6 Å². The number of hydrogen-bond acceptors (Lipinski definition) is 9. The van der Waals surface area contributed by atoms with Crippen molar-refractivity contribution in [3.05, 3.63) is 34.8 Å². The molecule has 3 aromatic heterocycles. The largest absolute Gasteiger partial charge is 0.462 e. The van der Waals surface area contributed by atoms with E-state index in [-0.39, 0.29) is 12.5 Å². The SMILES string of the molecule is CCOC(=O)c1sc(NC(=O)[C@H](CC)Sc2nnc3c(n2)[nH]c2ccccc23)nc1C. The number of hydrogen-bond donors (Lipinski definition) is 2. The van der Waals surface area contributed by atoms with Crippen LogP contribution in [-0.4, -0.2) is 48.9 Å². The highest BCUT2D eigenvalue weighted by atomic mass is 32.2. The summed E-state index contributed by atoms with van der Waals surface area (Å²) in [5.41, 5.74) is 2.78. The van der Waals surface area contributed by atoms with E-state index in [2.05, 4.69) is 30.5 Å². The van der Waals surface area contributed by atoms with Gasteiger partial charge in [0.2, 0.25) is 11.1 Å². The van der Waals surface area contributed by atoms with E-state index in [0.29, 0.717) is 38.4 Å². The lowest BCUT2D eigenvalue weighted by molar-refractivity contribution is -0.115. The minimum Gasteiger partial charge on any atom is -0.462 e. The van der Waals surface area contributed by atoms with Gasteiger partial charge >= 0.3 is 5.97 Å². The molecule has 31 heavy (non-hydrogen) atoms. The molecular weight excluding hydrogens is 436 g/mol. The number of ether oxygens (including phenoxy) is 1. The van der Waals surface area contributed by atoms with Gasteiger partial charge in [0, 0.05) is 10.9 Å². The van der Waals surface area contributed by atoms with Crippen LogP contribution in [0.3, 0.4) is 0 Å². The van der Waals surface area contributed by atoms with Crippen LogP contribution in [-0.2, 0) is 9.53 Å². The summed E-state index contributed by atoms with van der Waals surface area (Å²) in [6, 6.07) is 7.78. The van der Waals surface area contributed by atoms with Crippen LogP contribution in [0.5, 0.6) is 0 Å². The average molecular weight is 457 g/mol. The number of nitrogens with one attached hydrogen (secondary N) is 2. The molecule has 1 atom stereocenters. The molecule has 0 aliphatic carbocycles. The number of carbonyl (C=O) groups is 2. The second-order valence-electron chi connectivity index (χ2n) is 6.62. The van der Waals surface area contributed by atoms with Gasteiger partial charge in [-0.1, -0.05) is 48.2 Å². The minimum atomic E-state index is -0.445. The summed E-state index contributed by atoms with van der Waals surface area (Å²) in [6.07, 6.45) is 0.555. The van der Waals surface area contributed by atoms with Gasteiger partial charge in [0.1, 0.15) is 10.4 Å². The number of para-hydroxylation sites is 1. The second-order valence-corrected chi connectivity index (χ2v) is 8.79. The summed E-state index contributed by atoms with van der Waals surface area (Å²) in [6.45, 7) is 5.63. The molecule has 0 spiro atoms. The van der Waals surface area contributed by atoms with Gasteiger partial charge in [-0.3, -0.25) is 4.79 Å². The maximum atomic E-state index is 12.8. The van der Waals surface area contributed by atoms with E-state index in [1.165, 1.54) is 11.8 Å². The molecule has 3 heterocycles. The maximum Gasteiger partial charge on any atom is 0.350 e. The van der Waals surface area contributed by atoms with Crippen molar-refractivity contribution in [2.45, 2.75) is 37.6 Å². The van der Waals surface area contributed by atoms with Crippen LogP contribution in [0, 0.1) is 6.92 Å². The van der Waals surface area contributed by atoms with Gasteiger partial charge in [-0.2, -0.15) is 0 Å². The van der Waals surface area contributed by atoms with Crippen LogP contribution in [0.15, 0.2) is 29.4 Å². The van der Waals surface area contributed by atoms with Crippen LogP contribution >= 0.6 is 23.1 Å². The summed E-state index contributed by atoms with van der Waals surface area (Å²) >= 11 is 2.33. The minimum absolute atomic E-state index is 0.239. The Kier molecular flexibility index (Phi) is 6.14. The first kappa shape index (κ1) is 21.2. The fraction of sp³-hybridized carbons (Fsp3) is 0.300. The first-order valence-corrected chi connectivity index (χ1v) is 11.4. The fourth-order valence-electron chi connectivity index (χ4n) is 3.03. The molecule has 2 N–H and O–H groups in total. The summed E-state index contributed by atoms with van der Waals surface area (Å²) in [5, 5.41) is 12.5. The van der Waals surface area contributed by atoms with E-state index in [9.17, 15) is 9.59 Å². The Morgan fingerprint density at radius 1 is 1.23 bits per heavy atom. The van der Waals surface area contributed by atoms with E-state index in [1.54, 1.807) is 13.8 Å². The van der Waals surface area contributed by atoms with E-state index in [1.807, 2.05) is 31.2 Å². The number of thiazole rings is 1. The maximum absolute atomic E-state index is 12.8. The smallest absolute Gasteiger partial charge is 0.350 e. The number of anilines is 1. The second kappa shape index (κ2) is 8.98. The quantitative estimate of drug-likeness (QED) is 0.316. The first-order valence-electron chi connectivity index (χ1n) is 9.73. The number of benzene rings is 1. The topological polar surface area (TPSA) is 123 Å². The van der Waals surface area contributed by atoms with Crippen molar-refractivity contribution in [2.75, 3.05) is 11.9 Å². The molecule has 11 heteroatoms. The third kappa shape index (κ3) is 4.37. The lowest BCUT2D eigenvalue weighted by atomic mass is 10.2. The summed E-state index contributed by atoms with van der Waals surface area (Å²) in [7, 11) is 0. The van der Waals surface area contributed by atoms with Crippen molar-refractivity contribution in [1.29, 1.82) is 0 Å². The van der Waals surface area contributed by atoms with Crippen molar-refractivity contribution in [3.8, 4) is 0 Å². The van der Waals surface area contributed by atoms with Gasteiger partial charge in [-0.05, 0) is 26.3 Å². The molecule has 4 aromatic rings. The third-order valence-corrected chi connectivity index (χ3v) is 6.77. The lowest BCUT2D eigenvalue weighted by Crippen LogP contribution is -2.24. The van der Waals surface area contributed by atoms with Crippen molar-refractivity contribution in [1.82, 2.24) is 25.1 Å². The number of carbonyl (C=O) groups excluding carboxylic acids is 2. The molecule has 1 aromatic carbocycles. The van der Waals surface area contributed by atoms with E-state index in [4.69, 9.17) is 4.74 Å². The highest BCUT2D eigenvalue weighted by Crippen LogP contribution is 2.28. The van der Waals surface area contributed by atoms with Gasteiger partial charge in [-0.15, -0.1) is 10.2 Å². The Balaban J connectivity index is 1.50. The van der Waals surface area contributed by atoms with Crippen molar-refractivity contribution in [3.63, 3.8) is 0 Å². The number of nitrogens with zero attached hydrogens (tertiary/aromatic N) is 4. The van der Waals surface area contributed by atoms with Gasteiger partial charge in [-0.25, -0.2) is 14.8 Å². The summed E-state index contributed by atoms with van der Waals surface area (Å²) in [5.74, 6) is -0.678. The molecule has 9 nitrogen and oxygen atoms in total. The molecule has 0 saturated heterocycles. The fourth-order valence-corrected chi connectivity index (χ4v) is 4.71. The predicted octanol–water partition coefficient (Wildman–Crippen LogP) is 3.96. The standard InChI is InChI=1S/C20H20N6O3S2/c1-4-13(17(27)24-19-21-10(3)15(31-19)18(28)29-5-2)30-20-23-16-14(25-26-20)11-8-6-7-9-12(11)22-16/h6-9,13H,4-5H2,1-3H3,(H,21,24,27)(H,22,23,26)/t13-/m0/s1. The van der Waals surface area contributed by atoms with E-state index in [0.717, 1.165) is 22.2 Å². The molecule has 1 amide bonds. The molecule has 0 radical (unpaired) electrons. The third-order valence-electron chi connectivity index (χ3n) is 4.50. The first-order chi connectivity index (χ1) is 15.0. The molecular formula is C20H20N6O3S2. The number of H-pyrrole nitrogens is 1. The van der Waals surface area contributed by atoms with Gasteiger partial charge in [0.15, 0.2) is 10.8 Å². The zero-order valence-electron chi connectivity index (χ0n) is 17.1. The van der Waals surface area contributed by atoms with Crippen molar-refractivity contribution in [2.24, 2.45) is 0 Å². The monoisotopic (exact) mass is 456 g/mol. The molecule has 160 valence electrons. The molecule has 0 aliphatic rings. The van der Waals surface area contributed by atoms with Gasteiger partial charge < -0.3 is 15.0 Å². The average Bonchev–Trinajstić information content (AvgIpc) is 3.31. The number of fused-ring (bicyclic) bond motifs is 3. The predicted molar refractivity (Wildman–Crippen MR) is 121 cm³/mol. The van der Waals surface area contributed by atoms with Crippen LogP contribution < -0.4 is 5.32 Å². The molecule has 0 unspecified atom stereocenters. The molecule has 0 aliphatic heterocycles. The Morgan fingerprint density at radius 2 is 2.03 bits per heavy atom. The number of aromatic amines is 1. The van der Waals surface area contributed by atoms with E-state index < -0.39 is 11.2 Å². The van der Waals surface area contributed by atoms with Crippen molar-refractivity contribution < 1.29 is 14.3 Å². The number of aromatic nitrogens is 5. The number of amides is 1. The number of aryl methyl sites for hydroxylation is 1. The van der Waals surface area contributed by atoms with Crippen molar-refractivity contribution >= 4 is 62.2 Å². The van der Waals surface area contributed by atoms with Crippen LogP contribution in [0.2, 0.25) is 0 Å². The van der Waals surface area contributed by atoms with Gasteiger partial charge in [0.25, 0.3) is 0 Å². The van der Waals surface area contributed by atoms with Crippen LogP contribution in [0.4, 0.5) is 5.13 Å².